The molecule has 2 unspecified atom stereocenters. The van der Waals surface area contributed by atoms with Crippen LogP contribution in [0.2, 0.25) is 0 Å². The summed E-state index contributed by atoms with van der Waals surface area (Å²) < 4.78 is 5.20. The van der Waals surface area contributed by atoms with Gasteiger partial charge in [-0.3, -0.25) is 4.79 Å². The molecule has 0 saturated heterocycles. The van der Waals surface area contributed by atoms with E-state index in [-0.39, 0.29) is 18.0 Å². The lowest BCUT2D eigenvalue weighted by Crippen LogP contribution is -2.33. The lowest BCUT2D eigenvalue weighted by atomic mass is 10.1. The van der Waals surface area contributed by atoms with E-state index in [1.165, 1.54) is 0 Å². The van der Waals surface area contributed by atoms with Crippen LogP contribution in [0.1, 0.15) is 44.9 Å². The smallest absolute Gasteiger partial charge is 0.222 e. The van der Waals surface area contributed by atoms with Crippen LogP contribution in [0.25, 0.3) is 0 Å². The third kappa shape index (κ3) is 4.06. The highest BCUT2D eigenvalue weighted by atomic mass is 16.3. The molecule has 0 saturated carbocycles. The molecule has 0 aliphatic rings. The number of rotatable bonds is 6. The Labute approximate surface area is 96.2 Å². The molecule has 1 aromatic heterocycles. The van der Waals surface area contributed by atoms with Crippen LogP contribution in [0.15, 0.2) is 22.8 Å². The van der Waals surface area contributed by atoms with E-state index in [0.29, 0.717) is 6.42 Å². The molecular formula is C12H20N2O2. The number of furan rings is 1. The Kier molecular flexibility index (Phi) is 5.05. The summed E-state index contributed by atoms with van der Waals surface area (Å²) in [5.74, 6) is 0.738. The highest BCUT2D eigenvalue weighted by Gasteiger charge is 2.13. The summed E-state index contributed by atoms with van der Waals surface area (Å²) >= 11 is 0. The highest BCUT2D eigenvalue weighted by molar-refractivity contribution is 5.76. The predicted molar refractivity (Wildman–Crippen MR) is 62.8 cm³/mol. The van der Waals surface area contributed by atoms with E-state index >= 15 is 0 Å². The first kappa shape index (κ1) is 12.8. The first-order valence-corrected chi connectivity index (χ1v) is 5.71. The number of amides is 1. The molecule has 90 valence electrons. The molecule has 0 aliphatic heterocycles. The minimum atomic E-state index is -0.101. The van der Waals surface area contributed by atoms with Gasteiger partial charge in [-0.2, -0.15) is 0 Å². The normalized spacial score (nSPS) is 14.4. The molecule has 2 atom stereocenters. The van der Waals surface area contributed by atoms with E-state index in [0.717, 1.165) is 18.6 Å². The molecule has 0 aromatic carbocycles. The van der Waals surface area contributed by atoms with Crippen molar-refractivity contribution < 1.29 is 9.21 Å². The van der Waals surface area contributed by atoms with Gasteiger partial charge < -0.3 is 15.5 Å². The van der Waals surface area contributed by atoms with Crippen molar-refractivity contribution >= 4 is 5.91 Å². The van der Waals surface area contributed by atoms with Crippen LogP contribution in [-0.4, -0.2) is 11.9 Å². The average Bonchev–Trinajstić information content (AvgIpc) is 2.69. The van der Waals surface area contributed by atoms with E-state index in [9.17, 15) is 4.79 Å². The van der Waals surface area contributed by atoms with Crippen LogP contribution in [0.4, 0.5) is 0 Å². The largest absolute Gasteiger partial charge is 0.467 e. The number of carbonyl (C=O) groups is 1. The van der Waals surface area contributed by atoms with Gasteiger partial charge in [0.15, 0.2) is 0 Å². The SMILES string of the molecule is CCCC(N)CC(=O)NC(C)c1ccco1. The Morgan fingerprint density at radius 2 is 2.38 bits per heavy atom. The van der Waals surface area contributed by atoms with Crippen LogP contribution < -0.4 is 11.1 Å². The summed E-state index contributed by atoms with van der Waals surface area (Å²) in [7, 11) is 0. The Bertz CT molecular complexity index is 309. The van der Waals surface area contributed by atoms with Gasteiger partial charge >= 0.3 is 0 Å². The molecule has 4 heteroatoms. The number of nitrogens with one attached hydrogen (secondary N) is 1. The molecule has 1 heterocycles. The van der Waals surface area contributed by atoms with E-state index in [4.69, 9.17) is 10.2 Å². The standard InChI is InChI=1S/C12H20N2O2/c1-3-5-10(13)8-12(15)14-9(2)11-6-4-7-16-11/h4,6-7,9-10H,3,5,8,13H2,1-2H3,(H,14,15). The maximum atomic E-state index is 11.6. The summed E-state index contributed by atoms with van der Waals surface area (Å²) in [5.41, 5.74) is 5.80. The van der Waals surface area contributed by atoms with Gasteiger partial charge in [0.05, 0.1) is 12.3 Å². The summed E-state index contributed by atoms with van der Waals surface area (Å²) in [5, 5.41) is 2.86. The van der Waals surface area contributed by atoms with Crippen molar-refractivity contribution in [1.82, 2.24) is 5.32 Å². The minimum Gasteiger partial charge on any atom is -0.467 e. The lowest BCUT2D eigenvalue weighted by molar-refractivity contribution is -0.122. The molecule has 1 rings (SSSR count). The third-order valence-corrected chi connectivity index (χ3v) is 2.45. The van der Waals surface area contributed by atoms with Crippen LogP contribution in [0, 0.1) is 0 Å². The van der Waals surface area contributed by atoms with Crippen molar-refractivity contribution in [3.8, 4) is 0 Å². The van der Waals surface area contributed by atoms with Gasteiger partial charge in [-0.15, -0.1) is 0 Å². The molecule has 16 heavy (non-hydrogen) atoms. The number of hydrogen-bond donors (Lipinski definition) is 2. The minimum absolute atomic E-state index is 0.0233. The molecule has 1 amide bonds. The molecule has 0 spiro atoms. The van der Waals surface area contributed by atoms with Gasteiger partial charge in [-0.05, 0) is 25.5 Å². The molecule has 1 aromatic rings. The molecule has 4 nitrogen and oxygen atoms in total. The van der Waals surface area contributed by atoms with Gasteiger partial charge in [-0.1, -0.05) is 13.3 Å². The van der Waals surface area contributed by atoms with Gasteiger partial charge in [0.25, 0.3) is 0 Å². The van der Waals surface area contributed by atoms with Crippen LogP contribution in [0.3, 0.4) is 0 Å². The highest BCUT2D eigenvalue weighted by Crippen LogP contribution is 2.12. The predicted octanol–water partition coefficient (Wildman–Crippen LogP) is 1.97. The number of carbonyl (C=O) groups excluding carboxylic acids is 1. The van der Waals surface area contributed by atoms with E-state index in [1.807, 2.05) is 13.0 Å². The van der Waals surface area contributed by atoms with Gasteiger partial charge in [0.1, 0.15) is 5.76 Å². The second kappa shape index (κ2) is 6.33. The quantitative estimate of drug-likeness (QED) is 0.776. The molecular weight excluding hydrogens is 204 g/mol. The molecule has 0 aliphatic carbocycles. The van der Waals surface area contributed by atoms with Crippen molar-refractivity contribution in [2.75, 3.05) is 0 Å². The Morgan fingerprint density at radius 1 is 1.62 bits per heavy atom. The fourth-order valence-corrected chi connectivity index (χ4v) is 1.62. The Morgan fingerprint density at radius 3 is 2.94 bits per heavy atom. The van der Waals surface area contributed by atoms with Crippen LogP contribution >= 0.6 is 0 Å². The van der Waals surface area contributed by atoms with Gasteiger partial charge in [0, 0.05) is 12.5 Å². The lowest BCUT2D eigenvalue weighted by Gasteiger charge is -2.14. The van der Waals surface area contributed by atoms with E-state index < -0.39 is 0 Å². The zero-order valence-corrected chi connectivity index (χ0v) is 9.90. The molecule has 0 bridgehead atoms. The van der Waals surface area contributed by atoms with E-state index in [2.05, 4.69) is 12.2 Å². The fourth-order valence-electron chi connectivity index (χ4n) is 1.62. The van der Waals surface area contributed by atoms with Crippen molar-refractivity contribution in [3.05, 3.63) is 24.2 Å². The maximum absolute atomic E-state index is 11.6. The van der Waals surface area contributed by atoms with Crippen molar-refractivity contribution in [2.24, 2.45) is 5.73 Å². The molecule has 3 N–H and O–H groups in total. The van der Waals surface area contributed by atoms with Crippen LogP contribution in [-0.2, 0) is 4.79 Å². The van der Waals surface area contributed by atoms with Gasteiger partial charge in [-0.25, -0.2) is 0 Å². The van der Waals surface area contributed by atoms with Crippen molar-refractivity contribution in [3.63, 3.8) is 0 Å². The average molecular weight is 224 g/mol. The van der Waals surface area contributed by atoms with Crippen LogP contribution in [0.5, 0.6) is 0 Å². The van der Waals surface area contributed by atoms with Crippen molar-refractivity contribution in [1.29, 1.82) is 0 Å². The third-order valence-electron chi connectivity index (χ3n) is 2.45. The first-order valence-electron chi connectivity index (χ1n) is 5.71. The Balaban J connectivity index is 2.34. The second-order valence-electron chi connectivity index (χ2n) is 4.06. The molecule has 0 radical (unpaired) electrons. The topological polar surface area (TPSA) is 68.3 Å². The fraction of sp³-hybridized carbons (Fsp3) is 0.583. The second-order valence-corrected chi connectivity index (χ2v) is 4.06. The van der Waals surface area contributed by atoms with E-state index in [1.54, 1.807) is 12.3 Å². The monoisotopic (exact) mass is 224 g/mol. The molecule has 0 fully saturated rings. The zero-order chi connectivity index (χ0) is 12.0. The summed E-state index contributed by atoms with van der Waals surface area (Å²) in [4.78, 5) is 11.6. The van der Waals surface area contributed by atoms with Gasteiger partial charge in [0.2, 0.25) is 5.91 Å². The Hall–Kier alpha value is -1.29. The summed E-state index contributed by atoms with van der Waals surface area (Å²) in [6.07, 6.45) is 3.85. The van der Waals surface area contributed by atoms with Crippen molar-refractivity contribution in [2.45, 2.75) is 45.2 Å². The number of nitrogens with two attached hydrogens (primary N) is 1. The summed E-state index contributed by atoms with van der Waals surface area (Å²) in [6, 6.07) is 3.50. The maximum Gasteiger partial charge on any atom is 0.222 e. The first-order chi connectivity index (χ1) is 7.63. The summed E-state index contributed by atoms with van der Waals surface area (Å²) in [6.45, 7) is 3.95. The zero-order valence-electron chi connectivity index (χ0n) is 9.90. The number of hydrogen-bond acceptors (Lipinski definition) is 3.